The predicted octanol–water partition coefficient (Wildman–Crippen LogP) is 4.85. The van der Waals surface area contributed by atoms with E-state index in [1.807, 2.05) is 21.1 Å². The van der Waals surface area contributed by atoms with Gasteiger partial charge in [0, 0.05) is 18.2 Å². The molecule has 11 nitrogen and oxygen atoms in total. The molecule has 0 saturated carbocycles. The lowest BCUT2D eigenvalue weighted by Crippen LogP contribution is -2.47. The quantitative estimate of drug-likeness (QED) is 0.158. The maximum absolute atomic E-state index is 13.2. The van der Waals surface area contributed by atoms with Crippen LogP contribution in [-0.4, -0.2) is 74.5 Å². The van der Waals surface area contributed by atoms with Crippen LogP contribution in [0.25, 0.3) is 0 Å². The first-order chi connectivity index (χ1) is 19.4. The second kappa shape index (κ2) is 14.7. The van der Waals surface area contributed by atoms with Crippen molar-refractivity contribution in [1.82, 2.24) is 15.1 Å². The minimum Gasteiger partial charge on any atom is -0.460 e. The third-order valence-electron chi connectivity index (χ3n) is 5.76. The Morgan fingerprint density at radius 2 is 1.40 bits per heavy atom. The SMILES string of the molecule is CC(C)(C)OC(=O)N[C@@H](C[C@H](CCCNC(=O)c1ccc([N+](C)(C)C)c(C#N)c1)C(=O)OC(C)(C)C)C(=O)OC(C)(C)C. The highest BCUT2D eigenvalue weighted by Gasteiger charge is 2.35. The highest BCUT2D eigenvalue weighted by atomic mass is 16.6. The van der Waals surface area contributed by atoms with Gasteiger partial charge in [0.05, 0.1) is 27.1 Å². The molecule has 43 heavy (non-hydrogen) atoms. The Morgan fingerprint density at radius 3 is 1.88 bits per heavy atom. The summed E-state index contributed by atoms with van der Waals surface area (Å²) in [5.41, 5.74) is -0.851. The summed E-state index contributed by atoms with van der Waals surface area (Å²) in [5.74, 6) is -2.38. The van der Waals surface area contributed by atoms with Gasteiger partial charge in [-0.2, -0.15) is 5.26 Å². The Bertz CT molecular complexity index is 1190. The van der Waals surface area contributed by atoms with Crippen molar-refractivity contribution in [3.8, 4) is 6.07 Å². The number of quaternary nitrogens is 1. The molecule has 0 bridgehead atoms. The zero-order chi connectivity index (χ0) is 33.4. The molecular weight excluding hydrogens is 552 g/mol. The minimum atomic E-state index is -1.18. The monoisotopic (exact) mass is 603 g/mol. The van der Waals surface area contributed by atoms with Crippen LogP contribution in [-0.2, 0) is 23.8 Å². The van der Waals surface area contributed by atoms with Gasteiger partial charge in [-0.05, 0) is 93.7 Å². The summed E-state index contributed by atoms with van der Waals surface area (Å²) < 4.78 is 16.9. The minimum absolute atomic E-state index is 0.0882. The Labute approximate surface area is 256 Å². The topological polar surface area (TPSA) is 144 Å². The fraction of sp³-hybridized carbons (Fsp3) is 0.656. The first-order valence-electron chi connectivity index (χ1n) is 14.5. The van der Waals surface area contributed by atoms with Crippen molar-refractivity contribution in [2.45, 2.75) is 104 Å². The normalized spacial score (nSPS) is 13.7. The molecular formula is C32H51N4O7+. The van der Waals surface area contributed by atoms with Crippen LogP contribution in [0.3, 0.4) is 0 Å². The molecule has 0 aliphatic heterocycles. The summed E-state index contributed by atoms with van der Waals surface area (Å²) in [6.07, 6.45) is -0.263. The number of carbonyl (C=O) groups excluding carboxylic acids is 4. The molecule has 0 aliphatic carbocycles. The number of esters is 2. The Hall–Kier alpha value is -3.65. The van der Waals surface area contributed by atoms with E-state index in [-0.39, 0.29) is 25.3 Å². The van der Waals surface area contributed by atoms with E-state index in [2.05, 4.69) is 16.7 Å². The highest BCUT2D eigenvalue weighted by molar-refractivity contribution is 5.95. The number of hydrogen-bond acceptors (Lipinski definition) is 8. The molecule has 0 heterocycles. The number of hydrogen-bond donors (Lipinski definition) is 2. The number of ether oxygens (including phenoxy) is 3. The van der Waals surface area contributed by atoms with Crippen molar-refractivity contribution in [3.05, 3.63) is 29.3 Å². The van der Waals surface area contributed by atoms with Crippen LogP contribution in [0.1, 0.15) is 97.5 Å². The second-order valence-corrected chi connectivity index (χ2v) is 14.5. The van der Waals surface area contributed by atoms with Gasteiger partial charge in [0.1, 0.15) is 40.2 Å². The van der Waals surface area contributed by atoms with E-state index >= 15 is 0 Å². The van der Waals surface area contributed by atoms with Crippen molar-refractivity contribution >= 4 is 29.6 Å². The average Bonchev–Trinajstić information content (AvgIpc) is 2.80. The number of nitrogens with zero attached hydrogens (tertiary/aromatic N) is 2. The van der Waals surface area contributed by atoms with E-state index in [9.17, 15) is 24.4 Å². The molecule has 1 rings (SSSR count). The number of amides is 2. The number of alkyl carbamates (subject to hydrolysis) is 1. The van der Waals surface area contributed by atoms with Crippen LogP contribution in [0.4, 0.5) is 10.5 Å². The number of rotatable bonds is 11. The van der Waals surface area contributed by atoms with Gasteiger partial charge >= 0.3 is 18.0 Å². The van der Waals surface area contributed by atoms with Gasteiger partial charge in [0.2, 0.25) is 0 Å². The largest absolute Gasteiger partial charge is 0.460 e. The van der Waals surface area contributed by atoms with Crippen molar-refractivity contribution in [1.29, 1.82) is 5.26 Å². The first kappa shape index (κ1) is 37.4. The van der Waals surface area contributed by atoms with Crippen molar-refractivity contribution in [3.63, 3.8) is 0 Å². The maximum atomic E-state index is 13.2. The van der Waals surface area contributed by atoms with Crippen molar-refractivity contribution in [2.24, 2.45) is 5.92 Å². The Kier molecular flexibility index (Phi) is 12.8. The van der Waals surface area contributed by atoms with Gasteiger partial charge in [-0.15, -0.1) is 0 Å². The third kappa shape index (κ3) is 14.4. The molecule has 0 radical (unpaired) electrons. The molecule has 2 N–H and O–H groups in total. The van der Waals surface area contributed by atoms with Gasteiger partial charge in [0.15, 0.2) is 0 Å². The molecule has 0 saturated heterocycles. The van der Waals surface area contributed by atoms with Crippen LogP contribution < -0.4 is 15.1 Å². The standard InChI is InChI=1S/C32H50N4O7/c1-30(2,3)41-27(38)22(19-24(28(39)42-31(4,5)6)35-29(40)43-32(7,8)9)14-13-17-34-26(37)21-15-16-25(36(10,11)12)23(18-21)20-33/h15-16,18,22,24H,13-14,17,19H2,1-12H3,(H-,34,35,37,40)/p+1/t22-,24-/m0/s1. The highest BCUT2D eigenvalue weighted by Crippen LogP contribution is 2.24. The Balaban J connectivity index is 3.08. The van der Waals surface area contributed by atoms with E-state index in [1.54, 1.807) is 80.5 Å². The predicted molar refractivity (Wildman–Crippen MR) is 165 cm³/mol. The molecule has 1 aromatic carbocycles. The lowest BCUT2D eigenvalue weighted by atomic mass is 9.94. The first-order valence-corrected chi connectivity index (χ1v) is 14.5. The van der Waals surface area contributed by atoms with Crippen molar-refractivity contribution < 1.29 is 33.4 Å². The zero-order valence-electron chi connectivity index (χ0n) is 28.0. The molecule has 0 aromatic heterocycles. The second-order valence-electron chi connectivity index (χ2n) is 14.5. The maximum Gasteiger partial charge on any atom is 0.408 e. The molecule has 11 heteroatoms. The molecule has 2 atom stereocenters. The van der Waals surface area contributed by atoms with E-state index in [0.29, 0.717) is 22.0 Å². The van der Waals surface area contributed by atoms with Gasteiger partial charge in [0.25, 0.3) is 5.91 Å². The van der Waals surface area contributed by atoms with Crippen LogP contribution in [0.15, 0.2) is 18.2 Å². The fourth-order valence-corrected chi connectivity index (χ4v) is 4.04. The Morgan fingerprint density at radius 1 is 0.860 bits per heavy atom. The molecule has 0 unspecified atom stereocenters. The van der Waals surface area contributed by atoms with Crippen molar-refractivity contribution in [2.75, 3.05) is 27.7 Å². The number of nitriles is 1. The third-order valence-corrected chi connectivity index (χ3v) is 5.76. The summed E-state index contributed by atoms with van der Waals surface area (Å²) in [5, 5.41) is 15.0. The molecule has 2 amide bonds. The van der Waals surface area contributed by atoms with E-state index in [4.69, 9.17) is 14.2 Å². The van der Waals surface area contributed by atoms with Gasteiger partial charge < -0.3 is 24.8 Å². The van der Waals surface area contributed by atoms with E-state index in [0.717, 1.165) is 5.69 Å². The molecule has 0 fully saturated rings. The molecule has 240 valence electrons. The molecule has 1 aromatic rings. The van der Waals surface area contributed by atoms with Gasteiger partial charge in [-0.3, -0.25) is 14.1 Å². The summed E-state index contributed by atoms with van der Waals surface area (Å²) in [7, 11) is 5.81. The summed E-state index contributed by atoms with van der Waals surface area (Å²) in [6.45, 7) is 15.7. The number of carbonyl (C=O) groups is 4. The number of benzene rings is 1. The molecule has 0 spiro atoms. The summed E-state index contributed by atoms with van der Waals surface area (Å²) in [6, 6.07) is 5.98. The van der Waals surface area contributed by atoms with Gasteiger partial charge in [-0.25, -0.2) is 9.59 Å². The van der Waals surface area contributed by atoms with Crippen LogP contribution in [0.5, 0.6) is 0 Å². The smallest absolute Gasteiger partial charge is 0.408 e. The zero-order valence-corrected chi connectivity index (χ0v) is 28.0. The fourth-order valence-electron chi connectivity index (χ4n) is 4.04. The number of nitrogens with one attached hydrogen (secondary N) is 2. The lowest BCUT2D eigenvalue weighted by molar-refractivity contribution is -0.163. The molecule has 0 aliphatic rings. The van der Waals surface area contributed by atoms with Crippen LogP contribution in [0, 0.1) is 17.2 Å². The summed E-state index contributed by atoms with van der Waals surface area (Å²) >= 11 is 0. The van der Waals surface area contributed by atoms with Gasteiger partial charge in [-0.1, -0.05) is 0 Å². The van der Waals surface area contributed by atoms with E-state index < -0.39 is 46.8 Å². The summed E-state index contributed by atoms with van der Waals surface area (Å²) in [4.78, 5) is 51.7. The average molecular weight is 604 g/mol. The van der Waals surface area contributed by atoms with Crippen LogP contribution in [0.2, 0.25) is 0 Å². The lowest BCUT2D eigenvalue weighted by Gasteiger charge is -2.29. The van der Waals surface area contributed by atoms with Crippen LogP contribution >= 0.6 is 0 Å². The van der Waals surface area contributed by atoms with E-state index in [1.165, 1.54) is 0 Å².